The molecule has 0 N–H and O–H groups in total. The number of rotatable bonds is 3. The van der Waals surface area contributed by atoms with Crippen LogP contribution in [0, 0.1) is 19.7 Å². The van der Waals surface area contributed by atoms with E-state index in [1.165, 1.54) is 12.1 Å². The Kier molecular flexibility index (Phi) is 3.92. The van der Waals surface area contributed by atoms with Crippen molar-refractivity contribution in [3.63, 3.8) is 0 Å². The van der Waals surface area contributed by atoms with Gasteiger partial charge in [-0.05, 0) is 54.8 Å². The van der Waals surface area contributed by atoms with Gasteiger partial charge in [-0.1, -0.05) is 18.2 Å². The molecular formula is C15H15FOS. The summed E-state index contributed by atoms with van der Waals surface area (Å²) in [6, 6.07) is 11.9. The van der Waals surface area contributed by atoms with E-state index in [0.717, 1.165) is 16.7 Å². The second kappa shape index (κ2) is 5.44. The molecule has 2 aromatic rings. The van der Waals surface area contributed by atoms with Gasteiger partial charge in [0, 0.05) is 4.90 Å². The van der Waals surface area contributed by atoms with E-state index in [0.29, 0.717) is 10.6 Å². The number of halogens is 1. The van der Waals surface area contributed by atoms with Crippen molar-refractivity contribution in [2.75, 3.05) is 0 Å². The van der Waals surface area contributed by atoms with Crippen molar-refractivity contribution in [2.45, 2.75) is 24.5 Å². The third-order valence-corrected chi connectivity index (χ3v) is 4.35. The van der Waals surface area contributed by atoms with Crippen molar-refractivity contribution >= 4 is 10.8 Å². The van der Waals surface area contributed by atoms with Gasteiger partial charge in [-0.25, -0.2) is 4.39 Å². The molecule has 1 unspecified atom stereocenters. The second-order valence-electron chi connectivity index (χ2n) is 4.31. The van der Waals surface area contributed by atoms with Gasteiger partial charge in [0.05, 0.1) is 16.6 Å². The lowest BCUT2D eigenvalue weighted by Gasteiger charge is -2.09. The Morgan fingerprint density at radius 2 is 1.56 bits per heavy atom. The molecule has 0 fully saturated rings. The summed E-state index contributed by atoms with van der Waals surface area (Å²) in [7, 11) is -1.13. The SMILES string of the molecule is Cc1cccc(C)c1CS(=O)c1ccc(F)cc1. The van der Waals surface area contributed by atoms with Gasteiger partial charge >= 0.3 is 0 Å². The smallest absolute Gasteiger partial charge is 0.123 e. The Labute approximate surface area is 109 Å². The lowest BCUT2D eigenvalue weighted by molar-refractivity contribution is 0.626. The first kappa shape index (κ1) is 13.0. The highest BCUT2D eigenvalue weighted by Crippen LogP contribution is 2.19. The normalized spacial score (nSPS) is 12.4. The summed E-state index contributed by atoms with van der Waals surface area (Å²) in [5.74, 6) is 0.173. The predicted octanol–water partition coefficient (Wildman–Crippen LogP) is 3.75. The molecule has 0 aliphatic heterocycles. The zero-order valence-corrected chi connectivity index (χ0v) is 11.3. The molecule has 0 aliphatic rings. The Morgan fingerprint density at radius 1 is 1.00 bits per heavy atom. The van der Waals surface area contributed by atoms with Crippen molar-refractivity contribution < 1.29 is 8.60 Å². The van der Waals surface area contributed by atoms with Gasteiger partial charge in [0.1, 0.15) is 5.82 Å². The fraction of sp³-hybridized carbons (Fsp3) is 0.200. The lowest BCUT2D eigenvalue weighted by atomic mass is 10.1. The molecule has 0 aliphatic carbocycles. The summed E-state index contributed by atoms with van der Waals surface area (Å²) in [6.45, 7) is 4.04. The first-order chi connectivity index (χ1) is 8.58. The van der Waals surface area contributed by atoms with Crippen LogP contribution in [0.5, 0.6) is 0 Å². The van der Waals surface area contributed by atoms with Gasteiger partial charge in [-0.2, -0.15) is 0 Å². The van der Waals surface area contributed by atoms with Gasteiger partial charge in [0.15, 0.2) is 0 Å². The molecule has 1 nitrogen and oxygen atoms in total. The van der Waals surface area contributed by atoms with Crippen LogP contribution in [0.3, 0.4) is 0 Å². The van der Waals surface area contributed by atoms with Crippen LogP contribution in [-0.4, -0.2) is 4.21 Å². The summed E-state index contributed by atoms with van der Waals surface area (Å²) in [4.78, 5) is 0.666. The molecule has 0 amide bonds. The molecule has 3 heteroatoms. The molecule has 0 saturated heterocycles. The molecule has 1 atom stereocenters. The summed E-state index contributed by atoms with van der Waals surface area (Å²) in [6.07, 6.45) is 0. The predicted molar refractivity (Wildman–Crippen MR) is 72.4 cm³/mol. The quantitative estimate of drug-likeness (QED) is 0.823. The number of hydrogen-bond donors (Lipinski definition) is 0. The summed E-state index contributed by atoms with van der Waals surface area (Å²) in [5.41, 5.74) is 3.40. The topological polar surface area (TPSA) is 17.1 Å². The van der Waals surface area contributed by atoms with Crippen LogP contribution in [0.15, 0.2) is 47.4 Å². The first-order valence-corrected chi connectivity index (χ1v) is 7.09. The van der Waals surface area contributed by atoms with Gasteiger partial charge in [-0.15, -0.1) is 0 Å². The maximum atomic E-state index is 12.8. The van der Waals surface area contributed by atoms with Crippen molar-refractivity contribution in [1.29, 1.82) is 0 Å². The highest BCUT2D eigenvalue weighted by Gasteiger charge is 2.09. The van der Waals surface area contributed by atoms with E-state index in [1.807, 2.05) is 32.0 Å². The van der Waals surface area contributed by atoms with E-state index in [1.54, 1.807) is 12.1 Å². The van der Waals surface area contributed by atoms with E-state index in [4.69, 9.17) is 0 Å². The van der Waals surface area contributed by atoms with Crippen LogP contribution in [0.2, 0.25) is 0 Å². The highest BCUT2D eigenvalue weighted by atomic mass is 32.2. The van der Waals surface area contributed by atoms with E-state index >= 15 is 0 Å². The Hall–Kier alpha value is -1.48. The highest BCUT2D eigenvalue weighted by molar-refractivity contribution is 7.84. The molecule has 2 rings (SSSR count). The van der Waals surface area contributed by atoms with Gasteiger partial charge in [0.25, 0.3) is 0 Å². The van der Waals surface area contributed by atoms with Crippen LogP contribution in [0.1, 0.15) is 16.7 Å². The first-order valence-electron chi connectivity index (χ1n) is 5.77. The van der Waals surface area contributed by atoms with Crippen LogP contribution < -0.4 is 0 Å². The third kappa shape index (κ3) is 2.85. The maximum Gasteiger partial charge on any atom is 0.123 e. The molecular weight excluding hydrogens is 247 g/mol. The minimum absolute atomic E-state index is 0.303. The molecule has 18 heavy (non-hydrogen) atoms. The summed E-state index contributed by atoms with van der Waals surface area (Å²) in [5, 5.41) is 0. The van der Waals surface area contributed by atoms with Crippen LogP contribution in [0.25, 0.3) is 0 Å². The van der Waals surface area contributed by atoms with Crippen molar-refractivity contribution in [2.24, 2.45) is 0 Å². The van der Waals surface area contributed by atoms with Crippen molar-refractivity contribution in [3.05, 3.63) is 65.0 Å². The standard InChI is InChI=1S/C15H15FOS/c1-11-4-3-5-12(2)15(11)10-18(17)14-8-6-13(16)7-9-14/h3-9H,10H2,1-2H3. The van der Waals surface area contributed by atoms with Gasteiger partial charge < -0.3 is 0 Å². The maximum absolute atomic E-state index is 12.8. The van der Waals surface area contributed by atoms with E-state index < -0.39 is 10.8 Å². The second-order valence-corrected chi connectivity index (χ2v) is 5.77. The average Bonchev–Trinajstić information content (AvgIpc) is 2.34. The molecule has 0 radical (unpaired) electrons. The van der Waals surface area contributed by atoms with Gasteiger partial charge in [0.2, 0.25) is 0 Å². The Morgan fingerprint density at radius 3 is 2.11 bits per heavy atom. The minimum Gasteiger partial charge on any atom is -0.254 e. The zero-order valence-electron chi connectivity index (χ0n) is 10.4. The van der Waals surface area contributed by atoms with Crippen LogP contribution >= 0.6 is 0 Å². The minimum atomic E-state index is -1.13. The average molecular weight is 262 g/mol. The Balaban J connectivity index is 2.24. The largest absolute Gasteiger partial charge is 0.254 e. The molecule has 0 saturated carbocycles. The lowest BCUT2D eigenvalue weighted by Crippen LogP contribution is -2.01. The monoisotopic (exact) mass is 262 g/mol. The van der Waals surface area contributed by atoms with E-state index in [-0.39, 0.29) is 5.82 Å². The number of benzene rings is 2. The molecule has 0 heterocycles. The van der Waals surface area contributed by atoms with Crippen LogP contribution in [-0.2, 0) is 16.6 Å². The molecule has 2 aromatic carbocycles. The molecule has 0 bridgehead atoms. The summed E-state index contributed by atoms with van der Waals surface area (Å²) >= 11 is 0. The number of hydrogen-bond acceptors (Lipinski definition) is 1. The van der Waals surface area contributed by atoms with Crippen molar-refractivity contribution in [1.82, 2.24) is 0 Å². The van der Waals surface area contributed by atoms with Crippen molar-refractivity contribution in [3.8, 4) is 0 Å². The fourth-order valence-electron chi connectivity index (χ4n) is 1.88. The number of aryl methyl sites for hydroxylation is 2. The van der Waals surface area contributed by atoms with E-state index in [2.05, 4.69) is 0 Å². The third-order valence-electron chi connectivity index (χ3n) is 3.00. The van der Waals surface area contributed by atoms with E-state index in [9.17, 15) is 8.60 Å². The Bertz CT molecular complexity index is 555. The fourth-order valence-corrected chi connectivity index (χ4v) is 3.20. The molecule has 94 valence electrons. The zero-order chi connectivity index (χ0) is 13.1. The molecule has 0 aromatic heterocycles. The molecule has 0 spiro atoms. The van der Waals surface area contributed by atoms with Crippen LogP contribution in [0.4, 0.5) is 4.39 Å². The summed E-state index contributed by atoms with van der Waals surface area (Å²) < 4.78 is 25.0. The van der Waals surface area contributed by atoms with Gasteiger partial charge in [-0.3, -0.25) is 4.21 Å².